The molecule has 0 amide bonds. The van der Waals surface area contributed by atoms with Gasteiger partial charge in [-0.2, -0.15) is 0 Å². The molecule has 0 saturated carbocycles. The average molecular weight is 303 g/mol. The number of rotatable bonds is 3. The van der Waals surface area contributed by atoms with Crippen molar-refractivity contribution in [3.63, 3.8) is 0 Å². The van der Waals surface area contributed by atoms with Crippen molar-refractivity contribution >= 4 is 15.9 Å². The molecule has 0 aromatic heterocycles. The van der Waals surface area contributed by atoms with Crippen LogP contribution in [-0.4, -0.2) is 6.61 Å². The molecule has 2 heteroatoms. The summed E-state index contributed by atoms with van der Waals surface area (Å²) in [6.45, 7) is 2.86. The van der Waals surface area contributed by atoms with Crippen molar-refractivity contribution in [1.82, 2.24) is 0 Å². The molecule has 2 aromatic carbocycles. The molecule has 2 aromatic rings. The zero-order valence-corrected chi connectivity index (χ0v) is 11.9. The molecule has 18 heavy (non-hydrogen) atoms. The molecule has 92 valence electrons. The summed E-state index contributed by atoms with van der Waals surface area (Å²) in [6.07, 6.45) is 1.14. The number of aryl methyl sites for hydroxylation is 1. The number of halogens is 1. The van der Waals surface area contributed by atoms with Crippen LogP contribution in [0.2, 0.25) is 0 Å². The lowest BCUT2D eigenvalue weighted by molar-refractivity contribution is 0.273. The molecule has 1 nitrogen and oxygen atoms in total. The van der Waals surface area contributed by atoms with Gasteiger partial charge in [0.1, 0.15) is 5.75 Å². The second-order valence-corrected chi connectivity index (χ2v) is 5.74. The number of hydrogen-bond donors (Lipinski definition) is 0. The van der Waals surface area contributed by atoms with Gasteiger partial charge in [0, 0.05) is 10.4 Å². The maximum absolute atomic E-state index is 5.93. The third-order valence-corrected chi connectivity index (χ3v) is 4.03. The van der Waals surface area contributed by atoms with Crippen LogP contribution in [0, 0.1) is 6.92 Å². The molecule has 0 radical (unpaired) electrons. The van der Waals surface area contributed by atoms with E-state index >= 15 is 0 Å². The van der Waals surface area contributed by atoms with E-state index in [1.54, 1.807) is 0 Å². The van der Waals surface area contributed by atoms with E-state index in [0.717, 1.165) is 23.2 Å². The summed E-state index contributed by atoms with van der Waals surface area (Å²) in [4.78, 5) is 0. The Morgan fingerprint density at radius 2 is 2.06 bits per heavy atom. The van der Waals surface area contributed by atoms with E-state index in [-0.39, 0.29) is 0 Å². The zero-order chi connectivity index (χ0) is 12.5. The van der Waals surface area contributed by atoms with Gasteiger partial charge >= 0.3 is 0 Å². The van der Waals surface area contributed by atoms with Crippen LogP contribution in [0.3, 0.4) is 0 Å². The largest absolute Gasteiger partial charge is 0.493 e. The van der Waals surface area contributed by atoms with Gasteiger partial charge < -0.3 is 4.74 Å². The molecule has 1 unspecified atom stereocenters. The lowest BCUT2D eigenvalue weighted by Gasteiger charge is -2.30. The third-order valence-electron chi connectivity index (χ3n) is 3.54. The summed E-state index contributed by atoms with van der Waals surface area (Å²) in [5.41, 5.74) is 4.10. The summed E-state index contributed by atoms with van der Waals surface area (Å²) in [5.74, 6) is 1.55. The maximum Gasteiger partial charge on any atom is 0.122 e. The first-order valence-corrected chi connectivity index (χ1v) is 7.00. The van der Waals surface area contributed by atoms with E-state index in [1.807, 2.05) is 12.1 Å². The van der Waals surface area contributed by atoms with Crippen LogP contribution < -0.4 is 4.74 Å². The van der Waals surface area contributed by atoms with Gasteiger partial charge in [0.15, 0.2) is 0 Å². The van der Waals surface area contributed by atoms with Gasteiger partial charge in [0.2, 0.25) is 0 Å². The van der Waals surface area contributed by atoms with Gasteiger partial charge in [-0.15, -0.1) is 0 Å². The molecule has 0 N–H and O–H groups in total. The zero-order valence-electron chi connectivity index (χ0n) is 10.3. The highest BCUT2D eigenvalue weighted by Gasteiger charge is 2.25. The molecule has 0 saturated heterocycles. The average Bonchev–Trinajstić information content (AvgIpc) is 2.33. The number of benzene rings is 2. The fraction of sp³-hybridized carbons (Fsp3) is 0.250. The Labute approximate surface area is 116 Å². The van der Waals surface area contributed by atoms with Gasteiger partial charge in [0.25, 0.3) is 0 Å². The lowest BCUT2D eigenvalue weighted by Crippen LogP contribution is -2.23. The number of ether oxygens (including phenoxy) is 1. The first kappa shape index (κ1) is 11.8. The van der Waals surface area contributed by atoms with E-state index < -0.39 is 0 Å². The second kappa shape index (κ2) is 4.77. The molecule has 0 bridgehead atoms. The summed E-state index contributed by atoms with van der Waals surface area (Å²) < 4.78 is 7.03. The molecule has 1 aliphatic rings. The van der Waals surface area contributed by atoms with Crippen LogP contribution in [0.1, 0.15) is 22.6 Å². The van der Waals surface area contributed by atoms with Crippen LogP contribution in [-0.2, 0) is 6.42 Å². The van der Waals surface area contributed by atoms with Crippen molar-refractivity contribution in [3.05, 3.63) is 63.6 Å². The monoisotopic (exact) mass is 302 g/mol. The Morgan fingerprint density at radius 1 is 1.22 bits per heavy atom. The van der Waals surface area contributed by atoms with Crippen molar-refractivity contribution in [1.29, 1.82) is 0 Å². The maximum atomic E-state index is 5.93. The van der Waals surface area contributed by atoms with E-state index in [9.17, 15) is 0 Å². The molecule has 0 heterocycles. The summed E-state index contributed by atoms with van der Waals surface area (Å²) in [7, 11) is 0. The van der Waals surface area contributed by atoms with Crippen molar-refractivity contribution in [3.8, 4) is 5.75 Å². The van der Waals surface area contributed by atoms with Crippen molar-refractivity contribution in [2.24, 2.45) is 0 Å². The minimum Gasteiger partial charge on any atom is -0.493 e. The minimum absolute atomic E-state index is 0.559. The molecule has 0 fully saturated rings. The Bertz CT molecular complexity index is 577. The Kier molecular flexibility index (Phi) is 3.13. The molecule has 0 aliphatic heterocycles. The summed E-state index contributed by atoms with van der Waals surface area (Å²) in [6, 6.07) is 14.8. The highest BCUT2D eigenvalue weighted by Crippen LogP contribution is 2.35. The summed E-state index contributed by atoms with van der Waals surface area (Å²) >= 11 is 3.47. The highest BCUT2D eigenvalue weighted by atomic mass is 79.9. The SMILES string of the molecule is Cc1cc(Br)ccc1OCC1Cc2ccccc21. The predicted octanol–water partition coefficient (Wildman–Crippen LogP) is 4.48. The Balaban J connectivity index is 1.66. The van der Waals surface area contributed by atoms with Crippen molar-refractivity contribution < 1.29 is 4.74 Å². The van der Waals surface area contributed by atoms with Gasteiger partial charge in [-0.3, -0.25) is 0 Å². The van der Waals surface area contributed by atoms with Crippen LogP contribution in [0.15, 0.2) is 46.9 Å². The predicted molar refractivity (Wildman–Crippen MR) is 77.3 cm³/mol. The standard InChI is InChI=1S/C16H15BrO/c1-11-8-14(17)6-7-16(11)18-10-13-9-12-4-2-3-5-15(12)13/h2-8,13H,9-10H2,1H3. The Hall–Kier alpha value is -1.28. The quantitative estimate of drug-likeness (QED) is 0.812. The normalized spacial score (nSPS) is 16.9. The first-order chi connectivity index (χ1) is 8.74. The van der Waals surface area contributed by atoms with Crippen molar-refractivity contribution in [2.75, 3.05) is 6.61 Å². The summed E-state index contributed by atoms with van der Waals surface area (Å²) in [5, 5.41) is 0. The fourth-order valence-electron chi connectivity index (χ4n) is 2.48. The van der Waals surface area contributed by atoms with Gasteiger partial charge in [-0.1, -0.05) is 40.2 Å². The van der Waals surface area contributed by atoms with E-state index in [0.29, 0.717) is 5.92 Å². The van der Waals surface area contributed by atoms with Gasteiger partial charge in [-0.05, 0) is 48.2 Å². The number of hydrogen-bond acceptors (Lipinski definition) is 1. The van der Waals surface area contributed by atoms with Crippen LogP contribution in [0.4, 0.5) is 0 Å². The molecule has 1 atom stereocenters. The van der Waals surface area contributed by atoms with Gasteiger partial charge in [-0.25, -0.2) is 0 Å². The molecule has 0 spiro atoms. The van der Waals surface area contributed by atoms with Gasteiger partial charge in [0.05, 0.1) is 6.61 Å². The second-order valence-electron chi connectivity index (χ2n) is 4.82. The molecule has 3 rings (SSSR count). The van der Waals surface area contributed by atoms with Crippen LogP contribution in [0.5, 0.6) is 5.75 Å². The minimum atomic E-state index is 0.559. The smallest absolute Gasteiger partial charge is 0.122 e. The highest BCUT2D eigenvalue weighted by molar-refractivity contribution is 9.10. The van der Waals surface area contributed by atoms with Crippen LogP contribution in [0.25, 0.3) is 0 Å². The first-order valence-electron chi connectivity index (χ1n) is 6.21. The number of fused-ring (bicyclic) bond motifs is 1. The lowest BCUT2D eigenvalue weighted by atomic mass is 9.78. The van der Waals surface area contributed by atoms with Crippen LogP contribution >= 0.6 is 15.9 Å². The fourth-order valence-corrected chi connectivity index (χ4v) is 2.95. The molecular formula is C16H15BrO. The van der Waals surface area contributed by atoms with E-state index in [1.165, 1.54) is 16.7 Å². The molecule has 1 aliphatic carbocycles. The topological polar surface area (TPSA) is 9.23 Å². The van der Waals surface area contributed by atoms with E-state index in [2.05, 4.69) is 53.2 Å². The van der Waals surface area contributed by atoms with Crippen molar-refractivity contribution in [2.45, 2.75) is 19.3 Å². The third kappa shape index (κ3) is 2.17. The molecular weight excluding hydrogens is 288 g/mol. The Morgan fingerprint density at radius 3 is 2.83 bits per heavy atom. The van der Waals surface area contributed by atoms with E-state index in [4.69, 9.17) is 4.74 Å².